The van der Waals surface area contributed by atoms with Gasteiger partial charge in [-0.1, -0.05) is 24.3 Å². The van der Waals surface area contributed by atoms with E-state index in [0.29, 0.717) is 19.5 Å². The van der Waals surface area contributed by atoms with E-state index in [-0.39, 0.29) is 23.6 Å². The van der Waals surface area contributed by atoms with Crippen LogP contribution in [0.5, 0.6) is 0 Å². The summed E-state index contributed by atoms with van der Waals surface area (Å²) in [6.45, 7) is 1.03. The number of benzene rings is 1. The van der Waals surface area contributed by atoms with Crippen LogP contribution in [-0.4, -0.2) is 46.8 Å². The monoisotopic (exact) mass is 349 g/mol. The molecule has 2 N–H and O–H groups in total. The molecule has 1 fully saturated rings. The lowest BCUT2D eigenvalue weighted by Crippen LogP contribution is -2.42. The molecule has 0 spiro atoms. The normalized spacial score (nSPS) is 19.1. The highest BCUT2D eigenvalue weighted by Gasteiger charge is 2.28. The summed E-state index contributed by atoms with van der Waals surface area (Å²) in [5, 5.41) is 9.49. The minimum atomic E-state index is -2.99. The average molecular weight is 349 g/mol. The Bertz CT molecular complexity index is 787. The third-order valence-electron chi connectivity index (χ3n) is 3.85. The Hall–Kier alpha value is -2.42. The molecule has 0 aliphatic carbocycles. The molecule has 1 aliphatic heterocycles. The molecule has 1 aliphatic rings. The van der Waals surface area contributed by atoms with E-state index in [4.69, 9.17) is 0 Å². The van der Waals surface area contributed by atoms with Crippen LogP contribution in [0.4, 0.5) is 4.79 Å². The number of amides is 2. The first-order valence-electron chi connectivity index (χ1n) is 7.65. The van der Waals surface area contributed by atoms with Crippen LogP contribution in [0, 0.1) is 0 Å². The summed E-state index contributed by atoms with van der Waals surface area (Å²) in [6.07, 6.45) is 3.63. The molecule has 0 bridgehead atoms. The van der Waals surface area contributed by atoms with Gasteiger partial charge in [0.05, 0.1) is 18.1 Å². The number of carbonyl (C=O) groups excluding carboxylic acids is 1. The van der Waals surface area contributed by atoms with Gasteiger partial charge in [-0.05, 0) is 17.5 Å². The van der Waals surface area contributed by atoms with Crippen molar-refractivity contribution in [1.82, 2.24) is 25.4 Å². The zero-order valence-electron chi connectivity index (χ0n) is 13.1. The molecule has 3 rings (SSSR count). The summed E-state index contributed by atoms with van der Waals surface area (Å²) in [6, 6.07) is 7.18. The maximum atomic E-state index is 11.8. The maximum absolute atomic E-state index is 11.8. The second-order valence-corrected chi connectivity index (χ2v) is 8.07. The molecule has 1 aromatic heterocycles. The first kappa shape index (κ1) is 16.4. The number of aromatic nitrogens is 3. The molecule has 1 atom stereocenters. The van der Waals surface area contributed by atoms with Gasteiger partial charge in [-0.2, -0.15) is 5.10 Å². The molecule has 1 aromatic carbocycles. The molecule has 2 amide bonds. The third kappa shape index (κ3) is 4.54. The number of rotatable bonds is 5. The molecule has 9 heteroatoms. The van der Waals surface area contributed by atoms with E-state index in [1.165, 1.54) is 6.33 Å². The van der Waals surface area contributed by atoms with Gasteiger partial charge >= 0.3 is 6.03 Å². The minimum Gasteiger partial charge on any atom is -0.334 e. The van der Waals surface area contributed by atoms with Gasteiger partial charge in [0, 0.05) is 12.6 Å². The second-order valence-electron chi connectivity index (χ2n) is 5.84. The molecule has 24 heavy (non-hydrogen) atoms. The molecule has 0 radical (unpaired) electrons. The van der Waals surface area contributed by atoms with Crippen LogP contribution in [0.2, 0.25) is 0 Å². The van der Waals surface area contributed by atoms with Crippen molar-refractivity contribution < 1.29 is 13.2 Å². The molecular formula is C15H19N5O3S. The first-order chi connectivity index (χ1) is 11.5. The number of nitrogens with zero attached hydrogens (tertiary/aromatic N) is 3. The Morgan fingerprint density at radius 2 is 2.00 bits per heavy atom. The molecule has 2 aromatic rings. The van der Waals surface area contributed by atoms with Gasteiger partial charge in [-0.15, -0.1) is 0 Å². The van der Waals surface area contributed by atoms with Crippen LogP contribution < -0.4 is 10.6 Å². The smallest absolute Gasteiger partial charge is 0.315 e. The van der Waals surface area contributed by atoms with Crippen molar-refractivity contribution in [1.29, 1.82) is 0 Å². The fraction of sp³-hybridized carbons (Fsp3) is 0.400. The highest BCUT2D eigenvalue weighted by atomic mass is 32.2. The lowest BCUT2D eigenvalue weighted by molar-refractivity contribution is 0.237. The van der Waals surface area contributed by atoms with Crippen LogP contribution >= 0.6 is 0 Å². The molecule has 8 nitrogen and oxygen atoms in total. The van der Waals surface area contributed by atoms with Crippen molar-refractivity contribution in [3.8, 4) is 0 Å². The van der Waals surface area contributed by atoms with Crippen LogP contribution in [0.15, 0.2) is 36.9 Å². The predicted octanol–water partition coefficient (Wildman–Crippen LogP) is 0.313. The standard InChI is InChI=1S/C15H19N5O3S/c21-15(19-14-5-6-24(22,23)9-14)17-7-12-1-3-13(4-2-12)8-20-11-16-10-18-20/h1-4,10-11,14H,5-9H2,(H2,17,19,21)/t14-/m0/s1. The number of carbonyl (C=O) groups is 1. The molecule has 128 valence electrons. The van der Waals surface area contributed by atoms with E-state index in [2.05, 4.69) is 20.7 Å². The van der Waals surface area contributed by atoms with E-state index in [1.54, 1.807) is 11.0 Å². The topological polar surface area (TPSA) is 106 Å². The van der Waals surface area contributed by atoms with Gasteiger partial charge in [0.2, 0.25) is 0 Å². The molecule has 0 unspecified atom stereocenters. The third-order valence-corrected chi connectivity index (χ3v) is 5.62. The summed E-state index contributed by atoms with van der Waals surface area (Å²) in [7, 11) is -2.99. The van der Waals surface area contributed by atoms with Crippen LogP contribution in [0.1, 0.15) is 17.5 Å². The predicted molar refractivity (Wildman–Crippen MR) is 88.0 cm³/mol. The van der Waals surface area contributed by atoms with E-state index in [9.17, 15) is 13.2 Å². The Labute approximate surface area is 140 Å². The van der Waals surface area contributed by atoms with Gasteiger partial charge in [0.25, 0.3) is 0 Å². The van der Waals surface area contributed by atoms with E-state index >= 15 is 0 Å². The Morgan fingerprint density at radius 1 is 1.25 bits per heavy atom. The Kier molecular flexibility index (Phi) is 4.79. The van der Waals surface area contributed by atoms with Gasteiger partial charge in [0.1, 0.15) is 12.7 Å². The summed E-state index contributed by atoms with van der Waals surface area (Å²) in [4.78, 5) is 15.7. The lowest BCUT2D eigenvalue weighted by Gasteiger charge is -2.12. The second kappa shape index (κ2) is 7.00. The SMILES string of the molecule is O=C(NCc1ccc(Cn2cncn2)cc1)N[C@H]1CCS(=O)(=O)C1. The zero-order chi connectivity index (χ0) is 17.0. The zero-order valence-corrected chi connectivity index (χ0v) is 13.9. The van der Waals surface area contributed by atoms with Gasteiger partial charge in [0.15, 0.2) is 9.84 Å². The summed E-state index contributed by atoms with van der Waals surface area (Å²) in [5.74, 6) is 0.169. The average Bonchev–Trinajstić information content (AvgIpc) is 3.16. The fourth-order valence-corrected chi connectivity index (χ4v) is 4.26. The summed E-state index contributed by atoms with van der Waals surface area (Å²) < 4.78 is 24.5. The summed E-state index contributed by atoms with van der Waals surface area (Å²) >= 11 is 0. The van der Waals surface area contributed by atoms with Crippen molar-refractivity contribution in [2.24, 2.45) is 0 Å². The largest absolute Gasteiger partial charge is 0.334 e. The van der Waals surface area contributed by atoms with Crippen molar-refractivity contribution >= 4 is 15.9 Å². The van der Waals surface area contributed by atoms with Gasteiger partial charge < -0.3 is 10.6 Å². The van der Waals surface area contributed by atoms with Crippen LogP contribution in [0.25, 0.3) is 0 Å². The Balaban J connectivity index is 1.45. The van der Waals surface area contributed by atoms with Gasteiger partial charge in [-0.3, -0.25) is 0 Å². The fourth-order valence-electron chi connectivity index (χ4n) is 2.59. The Morgan fingerprint density at radius 3 is 2.62 bits per heavy atom. The van der Waals surface area contributed by atoms with E-state index in [0.717, 1.165) is 11.1 Å². The van der Waals surface area contributed by atoms with Crippen molar-refractivity contribution in [3.05, 3.63) is 48.0 Å². The number of hydrogen-bond donors (Lipinski definition) is 2. The molecule has 0 saturated carbocycles. The summed E-state index contributed by atoms with van der Waals surface area (Å²) in [5.41, 5.74) is 2.05. The van der Waals surface area contributed by atoms with Crippen molar-refractivity contribution in [2.45, 2.75) is 25.6 Å². The first-order valence-corrected chi connectivity index (χ1v) is 9.47. The van der Waals surface area contributed by atoms with Crippen molar-refractivity contribution in [3.63, 3.8) is 0 Å². The minimum absolute atomic E-state index is 0.0252. The quantitative estimate of drug-likeness (QED) is 0.808. The van der Waals surface area contributed by atoms with Gasteiger partial charge in [-0.25, -0.2) is 22.9 Å². The van der Waals surface area contributed by atoms with Crippen LogP contribution in [-0.2, 0) is 22.9 Å². The number of sulfone groups is 1. The number of hydrogen-bond acceptors (Lipinski definition) is 5. The maximum Gasteiger partial charge on any atom is 0.315 e. The molecular weight excluding hydrogens is 330 g/mol. The highest BCUT2D eigenvalue weighted by Crippen LogP contribution is 2.11. The van der Waals surface area contributed by atoms with E-state index < -0.39 is 9.84 Å². The highest BCUT2D eigenvalue weighted by molar-refractivity contribution is 7.91. The lowest BCUT2D eigenvalue weighted by atomic mass is 10.1. The molecule has 2 heterocycles. The van der Waals surface area contributed by atoms with Crippen molar-refractivity contribution in [2.75, 3.05) is 11.5 Å². The number of urea groups is 1. The molecule has 1 saturated heterocycles. The van der Waals surface area contributed by atoms with E-state index in [1.807, 2.05) is 24.3 Å². The number of nitrogens with one attached hydrogen (secondary N) is 2. The van der Waals surface area contributed by atoms with Crippen LogP contribution in [0.3, 0.4) is 0 Å².